The Morgan fingerprint density at radius 2 is 0.732 bits per heavy atom. The quantitative estimate of drug-likeness (QED) is 0.152. The standard InChI is InChI=1S/C54H38N2/c1-4-16-39(17-5-1)43-22-14-24-46(36-43)55(48-34-35-49(41-18-6-2-7-19-41)52(38-48)42-20-8-3-9-21-42)45-32-30-40(31-33-45)44-23-15-25-47(37-44)56-53-28-12-10-26-50(53)51-27-11-13-29-54(51)56/h1-38H. The molecule has 1 heterocycles. The fourth-order valence-electron chi connectivity index (χ4n) is 8.13. The number of hydrogen-bond donors (Lipinski definition) is 0. The molecule has 0 saturated heterocycles. The van der Waals surface area contributed by atoms with E-state index in [0.29, 0.717) is 0 Å². The molecule has 1 aromatic heterocycles. The van der Waals surface area contributed by atoms with Crippen LogP contribution in [0.5, 0.6) is 0 Å². The molecule has 10 rings (SSSR count). The van der Waals surface area contributed by atoms with Gasteiger partial charge in [-0.05, 0) is 105 Å². The first kappa shape index (κ1) is 33.2. The van der Waals surface area contributed by atoms with E-state index in [1.165, 1.54) is 66.3 Å². The highest BCUT2D eigenvalue weighted by Gasteiger charge is 2.18. The Morgan fingerprint density at radius 3 is 1.38 bits per heavy atom. The fraction of sp³-hybridized carbons (Fsp3) is 0. The highest BCUT2D eigenvalue weighted by molar-refractivity contribution is 6.09. The predicted molar refractivity (Wildman–Crippen MR) is 237 cm³/mol. The number of hydrogen-bond acceptors (Lipinski definition) is 1. The number of nitrogens with zero attached hydrogens (tertiary/aromatic N) is 2. The summed E-state index contributed by atoms with van der Waals surface area (Å²) in [6.07, 6.45) is 0. The third-order valence-corrected chi connectivity index (χ3v) is 10.8. The summed E-state index contributed by atoms with van der Waals surface area (Å²) in [7, 11) is 0. The fourth-order valence-corrected chi connectivity index (χ4v) is 8.13. The zero-order valence-corrected chi connectivity index (χ0v) is 30.8. The van der Waals surface area contributed by atoms with Crippen LogP contribution in [0, 0.1) is 0 Å². The monoisotopic (exact) mass is 714 g/mol. The van der Waals surface area contributed by atoms with Gasteiger partial charge in [0, 0.05) is 33.5 Å². The van der Waals surface area contributed by atoms with Gasteiger partial charge in [0.15, 0.2) is 0 Å². The number of fused-ring (bicyclic) bond motifs is 3. The third kappa shape index (κ3) is 6.14. The van der Waals surface area contributed by atoms with Crippen LogP contribution in [0.4, 0.5) is 17.1 Å². The number of para-hydroxylation sites is 2. The van der Waals surface area contributed by atoms with Crippen LogP contribution in [0.1, 0.15) is 0 Å². The summed E-state index contributed by atoms with van der Waals surface area (Å²) >= 11 is 0. The molecule has 264 valence electrons. The molecular formula is C54H38N2. The lowest BCUT2D eigenvalue weighted by atomic mass is 9.93. The molecule has 0 spiro atoms. The Morgan fingerprint density at radius 1 is 0.268 bits per heavy atom. The summed E-state index contributed by atoms with van der Waals surface area (Å²) in [6.45, 7) is 0. The van der Waals surface area contributed by atoms with Crippen molar-refractivity contribution in [2.24, 2.45) is 0 Å². The zero-order valence-electron chi connectivity index (χ0n) is 30.8. The first-order chi connectivity index (χ1) is 27.8. The molecule has 2 heteroatoms. The molecule has 0 amide bonds. The SMILES string of the molecule is c1ccc(-c2cccc(N(c3ccc(-c4cccc(-n5c6ccccc6c6ccccc65)c4)cc3)c3ccc(-c4ccccc4)c(-c4ccccc4)c3)c2)cc1. The van der Waals surface area contributed by atoms with Crippen molar-refractivity contribution >= 4 is 38.9 Å². The second-order valence-electron chi connectivity index (χ2n) is 14.2. The van der Waals surface area contributed by atoms with Crippen LogP contribution in [0.25, 0.3) is 72.0 Å². The topological polar surface area (TPSA) is 8.17 Å². The summed E-state index contributed by atoms with van der Waals surface area (Å²) in [5.74, 6) is 0. The van der Waals surface area contributed by atoms with Gasteiger partial charge in [-0.2, -0.15) is 0 Å². The highest BCUT2D eigenvalue weighted by atomic mass is 15.1. The maximum atomic E-state index is 2.38. The second kappa shape index (κ2) is 14.4. The van der Waals surface area contributed by atoms with Gasteiger partial charge in [0.25, 0.3) is 0 Å². The van der Waals surface area contributed by atoms with Crippen LogP contribution < -0.4 is 4.90 Å². The first-order valence-electron chi connectivity index (χ1n) is 19.2. The molecule has 0 fully saturated rings. The minimum Gasteiger partial charge on any atom is -0.310 e. The van der Waals surface area contributed by atoms with Gasteiger partial charge < -0.3 is 9.47 Å². The van der Waals surface area contributed by atoms with Gasteiger partial charge in [-0.3, -0.25) is 0 Å². The Bertz CT molecular complexity index is 2890. The molecule has 10 aromatic rings. The van der Waals surface area contributed by atoms with Gasteiger partial charge in [0.1, 0.15) is 0 Å². The summed E-state index contributed by atoms with van der Waals surface area (Å²) in [4.78, 5) is 2.38. The summed E-state index contributed by atoms with van der Waals surface area (Å²) in [5, 5.41) is 2.53. The Labute approximate surface area is 327 Å². The van der Waals surface area contributed by atoms with Crippen LogP contribution >= 0.6 is 0 Å². The zero-order chi connectivity index (χ0) is 37.3. The molecule has 2 nitrogen and oxygen atoms in total. The van der Waals surface area contributed by atoms with E-state index in [0.717, 1.165) is 22.7 Å². The van der Waals surface area contributed by atoms with Gasteiger partial charge in [-0.25, -0.2) is 0 Å². The van der Waals surface area contributed by atoms with Gasteiger partial charge in [0.05, 0.1) is 11.0 Å². The van der Waals surface area contributed by atoms with Crippen LogP contribution in [-0.2, 0) is 0 Å². The minimum atomic E-state index is 1.09. The molecule has 9 aromatic carbocycles. The van der Waals surface area contributed by atoms with Gasteiger partial charge in [0.2, 0.25) is 0 Å². The molecule has 0 N–H and O–H groups in total. The van der Waals surface area contributed by atoms with Crippen molar-refractivity contribution in [2.75, 3.05) is 4.90 Å². The van der Waals surface area contributed by atoms with E-state index in [9.17, 15) is 0 Å². The van der Waals surface area contributed by atoms with Crippen molar-refractivity contribution in [2.45, 2.75) is 0 Å². The average Bonchev–Trinajstić information content (AvgIpc) is 3.62. The van der Waals surface area contributed by atoms with E-state index >= 15 is 0 Å². The van der Waals surface area contributed by atoms with Gasteiger partial charge in [-0.1, -0.05) is 170 Å². The highest BCUT2D eigenvalue weighted by Crippen LogP contribution is 2.42. The van der Waals surface area contributed by atoms with Crippen molar-refractivity contribution in [3.63, 3.8) is 0 Å². The lowest BCUT2D eigenvalue weighted by Gasteiger charge is -2.27. The largest absolute Gasteiger partial charge is 0.310 e. The van der Waals surface area contributed by atoms with Crippen molar-refractivity contribution in [1.29, 1.82) is 0 Å². The molecule has 0 bridgehead atoms. The van der Waals surface area contributed by atoms with Gasteiger partial charge >= 0.3 is 0 Å². The Hall–Kier alpha value is -7.42. The Balaban J connectivity index is 1.09. The smallest absolute Gasteiger partial charge is 0.0541 e. The van der Waals surface area contributed by atoms with E-state index in [4.69, 9.17) is 0 Å². The van der Waals surface area contributed by atoms with Crippen LogP contribution in [-0.4, -0.2) is 4.57 Å². The lowest BCUT2D eigenvalue weighted by molar-refractivity contribution is 1.18. The number of anilines is 3. The van der Waals surface area contributed by atoms with E-state index in [-0.39, 0.29) is 0 Å². The molecule has 0 saturated carbocycles. The second-order valence-corrected chi connectivity index (χ2v) is 14.2. The molecule has 56 heavy (non-hydrogen) atoms. The van der Waals surface area contributed by atoms with Crippen molar-refractivity contribution in [1.82, 2.24) is 4.57 Å². The maximum absolute atomic E-state index is 2.38. The van der Waals surface area contributed by atoms with Gasteiger partial charge in [-0.15, -0.1) is 0 Å². The summed E-state index contributed by atoms with van der Waals surface area (Å²) < 4.78 is 2.38. The number of rotatable bonds is 8. The van der Waals surface area contributed by atoms with E-state index < -0.39 is 0 Å². The van der Waals surface area contributed by atoms with Crippen molar-refractivity contribution < 1.29 is 0 Å². The van der Waals surface area contributed by atoms with Crippen LogP contribution in [0.2, 0.25) is 0 Å². The number of benzene rings is 9. The normalized spacial score (nSPS) is 11.2. The average molecular weight is 715 g/mol. The Kier molecular flexibility index (Phi) is 8.55. The molecule has 0 aliphatic carbocycles. The molecular weight excluding hydrogens is 677 g/mol. The van der Waals surface area contributed by atoms with E-state index in [2.05, 4.69) is 240 Å². The van der Waals surface area contributed by atoms with E-state index in [1.54, 1.807) is 0 Å². The third-order valence-electron chi connectivity index (χ3n) is 10.8. The minimum absolute atomic E-state index is 1.09. The summed E-state index contributed by atoms with van der Waals surface area (Å²) in [6, 6.07) is 83.0. The maximum Gasteiger partial charge on any atom is 0.0541 e. The molecule has 0 atom stereocenters. The van der Waals surface area contributed by atoms with Crippen LogP contribution in [0.3, 0.4) is 0 Å². The first-order valence-corrected chi connectivity index (χ1v) is 19.2. The predicted octanol–water partition coefficient (Wildman–Crippen LogP) is 14.9. The lowest BCUT2D eigenvalue weighted by Crippen LogP contribution is -2.10. The summed E-state index contributed by atoms with van der Waals surface area (Å²) in [5.41, 5.74) is 16.3. The molecule has 0 unspecified atom stereocenters. The molecule has 0 radical (unpaired) electrons. The van der Waals surface area contributed by atoms with Crippen molar-refractivity contribution in [3.05, 3.63) is 231 Å². The molecule has 0 aliphatic rings. The van der Waals surface area contributed by atoms with E-state index in [1.807, 2.05) is 0 Å². The van der Waals surface area contributed by atoms with Crippen LogP contribution in [0.15, 0.2) is 231 Å². The number of aromatic nitrogens is 1. The molecule has 0 aliphatic heterocycles. The van der Waals surface area contributed by atoms with Crippen molar-refractivity contribution in [3.8, 4) is 50.2 Å².